The first-order valence-corrected chi connectivity index (χ1v) is 4.54. The number of hydrogen-bond donors (Lipinski definition) is 1. The van der Waals surface area contributed by atoms with Crippen LogP contribution in [0.25, 0.3) is 0 Å². The number of carbonyl (C=O) groups is 1. The molecule has 86 valence electrons. The molecule has 1 heterocycles. The molecule has 0 aromatic carbocycles. The molecule has 0 spiro atoms. The van der Waals surface area contributed by atoms with Crippen LogP contribution in [0.15, 0.2) is 18.3 Å². The van der Waals surface area contributed by atoms with Crippen molar-refractivity contribution in [3.8, 4) is 0 Å². The first-order valence-electron chi connectivity index (χ1n) is 4.54. The molecule has 0 fully saturated rings. The van der Waals surface area contributed by atoms with E-state index in [2.05, 4.69) is 4.98 Å². The van der Waals surface area contributed by atoms with Crippen molar-refractivity contribution in [3.63, 3.8) is 0 Å². The van der Waals surface area contributed by atoms with Crippen LogP contribution in [-0.2, 0) is 4.79 Å². The number of nitro groups is 1. The molecule has 0 saturated heterocycles. The summed E-state index contributed by atoms with van der Waals surface area (Å²) in [6, 6.07) is 2.59. The van der Waals surface area contributed by atoms with Gasteiger partial charge in [-0.05, 0) is 0 Å². The van der Waals surface area contributed by atoms with E-state index in [-0.39, 0.29) is 18.7 Å². The second kappa shape index (κ2) is 5.06. The lowest BCUT2D eigenvalue weighted by atomic mass is 10.3. The average Bonchev–Trinajstić information content (AvgIpc) is 2.26. The van der Waals surface area contributed by atoms with E-state index < -0.39 is 10.9 Å². The van der Waals surface area contributed by atoms with Crippen molar-refractivity contribution >= 4 is 17.5 Å². The lowest BCUT2D eigenvalue weighted by Gasteiger charge is -2.16. The molecule has 0 unspecified atom stereocenters. The number of anilines is 1. The van der Waals surface area contributed by atoms with E-state index in [9.17, 15) is 14.9 Å². The summed E-state index contributed by atoms with van der Waals surface area (Å²) in [5, 5.41) is 19.0. The Hall–Kier alpha value is -2.18. The summed E-state index contributed by atoms with van der Waals surface area (Å²) in [5.41, 5.74) is -0.0628. The van der Waals surface area contributed by atoms with Crippen molar-refractivity contribution in [1.82, 2.24) is 4.98 Å². The van der Waals surface area contributed by atoms with Crippen molar-refractivity contribution in [2.24, 2.45) is 0 Å². The largest absolute Gasteiger partial charge is 0.481 e. The maximum absolute atomic E-state index is 10.5. The van der Waals surface area contributed by atoms with Gasteiger partial charge >= 0.3 is 5.97 Å². The molecule has 7 heteroatoms. The summed E-state index contributed by atoms with van der Waals surface area (Å²) < 4.78 is 0. The van der Waals surface area contributed by atoms with Crippen LogP contribution in [0.4, 0.5) is 11.5 Å². The fourth-order valence-electron chi connectivity index (χ4n) is 1.11. The molecule has 1 aromatic heterocycles. The molecule has 0 bridgehead atoms. The number of carboxylic acid groups (broad SMARTS) is 1. The Labute approximate surface area is 91.5 Å². The van der Waals surface area contributed by atoms with Crippen molar-refractivity contribution in [2.75, 3.05) is 18.5 Å². The second-order valence-electron chi connectivity index (χ2n) is 3.19. The molecule has 0 radical (unpaired) electrons. The fourth-order valence-corrected chi connectivity index (χ4v) is 1.11. The Morgan fingerprint density at radius 3 is 2.94 bits per heavy atom. The van der Waals surface area contributed by atoms with Gasteiger partial charge in [0.05, 0.1) is 17.4 Å². The van der Waals surface area contributed by atoms with E-state index in [0.29, 0.717) is 5.82 Å². The highest BCUT2D eigenvalue weighted by molar-refractivity contribution is 5.67. The third kappa shape index (κ3) is 3.19. The van der Waals surface area contributed by atoms with Crippen molar-refractivity contribution in [1.29, 1.82) is 0 Å². The number of hydrogen-bond acceptors (Lipinski definition) is 5. The Kier molecular flexibility index (Phi) is 3.76. The van der Waals surface area contributed by atoms with Gasteiger partial charge in [0.1, 0.15) is 5.82 Å². The third-order valence-corrected chi connectivity index (χ3v) is 1.99. The second-order valence-corrected chi connectivity index (χ2v) is 3.19. The molecule has 0 aliphatic rings. The van der Waals surface area contributed by atoms with Gasteiger partial charge in [-0.2, -0.15) is 0 Å². The number of rotatable bonds is 5. The molecule has 0 aliphatic heterocycles. The average molecular weight is 225 g/mol. The third-order valence-electron chi connectivity index (χ3n) is 1.99. The smallest absolute Gasteiger partial charge is 0.305 e. The molecule has 1 aromatic rings. The van der Waals surface area contributed by atoms with Crippen molar-refractivity contribution in [3.05, 3.63) is 28.4 Å². The van der Waals surface area contributed by atoms with Crippen LogP contribution in [0.3, 0.4) is 0 Å². The molecular weight excluding hydrogens is 214 g/mol. The zero-order chi connectivity index (χ0) is 12.1. The molecule has 1 N–H and O–H groups in total. The highest BCUT2D eigenvalue weighted by Crippen LogP contribution is 2.16. The number of aliphatic carboxylic acids is 1. The van der Waals surface area contributed by atoms with Gasteiger partial charge in [0.2, 0.25) is 0 Å². The number of carboxylic acids is 1. The van der Waals surface area contributed by atoms with E-state index >= 15 is 0 Å². The lowest BCUT2D eigenvalue weighted by molar-refractivity contribution is -0.384. The van der Waals surface area contributed by atoms with Crippen molar-refractivity contribution in [2.45, 2.75) is 6.42 Å². The summed E-state index contributed by atoms with van der Waals surface area (Å²) in [6.07, 6.45) is 1.28. The van der Waals surface area contributed by atoms with Crippen molar-refractivity contribution < 1.29 is 14.8 Å². The van der Waals surface area contributed by atoms with Gasteiger partial charge in [-0.3, -0.25) is 14.9 Å². The highest BCUT2D eigenvalue weighted by atomic mass is 16.6. The van der Waals surface area contributed by atoms with E-state index in [1.54, 1.807) is 11.9 Å². The Balaban J connectivity index is 2.75. The zero-order valence-electron chi connectivity index (χ0n) is 8.66. The molecule has 0 amide bonds. The maximum atomic E-state index is 10.5. The molecule has 1 rings (SSSR count). The van der Waals surface area contributed by atoms with Crippen LogP contribution in [-0.4, -0.2) is 34.6 Å². The topological polar surface area (TPSA) is 96.6 Å². The normalized spacial score (nSPS) is 9.81. The quantitative estimate of drug-likeness (QED) is 0.590. The molecule has 7 nitrogen and oxygen atoms in total. The van der Waals surface area contributed by atoms with Crippen LogP contribution in [0.2, 0.25) is 0 Å². The first-order chi connectivity index (χ1) is 7.50. The standard InChI is InChI=1S/C9H11N3O4/c1-11(5-3-9(13)14)8-6-7(12(15)16)2-4-10-8/h2,4,6H,3,5H2,1H3,(H,13,14). The minimum atomic E-state index is -0.919. The van der Waals surface area contributed by atoms with Gasteiger partial charge < -0.3 is 10.0 Å². The van der Waals surface area contributed by atoms with Gasteiger partial charge in [-0.15, -0.1) is 0 Å². The van der Waals surface area contributed by atoms with Gasteiger partial charge in [-0.25, -0.2) is 4.98 Å². The number of nitrogens with zero attached hydrogens (tertiary/aromatic N) is 3. The number of aromatic nitrogens is 1. The van der Waals surface area contributed by atoms with Crippen LogP contribution in [0.5, 0.6) is 0 Å². The summed E-state index contributed by atoms with van der Waals surface area (Å²) in [7, 11) is 1.63. The van der Waals surface area contributed by atoms with Gasteiger partial charge in [0, 0.05) is 25.9 Å². The van der Waals surface area contributed by atoms with E-state index in [4.69, 9.17) is 5.11 Å². The SMILES string of the molecule is CN(CCC(=O)O)c1cc([N+](=O)[O-])ccn1. The fraction of sp³-hybridized carbons (Fsp3) is 0.333. The molecule has 0 atom stereocenters. The summed E-state index contributed by atoms with van der Waals surface area (Å²) in [6.45, 7) is 0.253. The number of pyridine rings is 1. The Morgan fingerprint density at radius 2 is 2.38 bits per heavy atom. The van der Waals surface area contributed by atoms with E-state index in [1.807, 2.05) is 0 Å². The van der Waals surface area contributed by atoms with Crippen LogP contribution in [0, 0.1) is 10.1 Å². The van der Waals surface area contributed by atoms with Crippen LogP contribution < -0.4 is 4.90 Å². The minimum Gasteiger partial charge on any atom is -0.481 e. The highest BCUT2D eigenvalue weighted by Gasteiger charge is 2.10. The first kappa shape index (κ1) is 11.9. The predicted molar refractivity (Wildman–Crippen MR) is 56.4 cm³/mol. The molecular formula is C9H11N3O4. The van der Waals surface area contributed by atoms with E-state index in [1.165, 1.54) is 18.3 Å². The maximum Gasteiger partial charge on any atom is 0.305 e. The molecule has 16 heavy (non-hydrogen) atoms. The minimum absolute atomic E-state index is 0.0408. The summed E-state index contributed by atoms with van der Waals surface area (Å²) in [5.74, 6) is -0.535. The molecule has 0 aliphatic carbocycles. The van der Waals surface area contributed by atoms with E-state index in [0.717, 1.165) is 0 Å². The zero-order valence-corrected chi connectivity index (χ0v) is 8.66. The summed E-state index contributed by atoms with van der Waals surface area (Å²) >= 11 is 0. The summed E-state index contributed by atoms with van der Waals surface area (Å²) in [4.78, 5) is 25.8. The van der Waals surface area contributed by atoms with Crippen LogP contribution >= 0.6 is 0 Å². The Bertz CT molecular complexity index is 407. The van der Waals surface area contributed by atoms with Gasteiger partial charge in [0.15, 0.2) is 0 Å². The lowest BCUT2D eigenvalue weighted by Crippen LogP contribution is -2.21. The van der Waals surface area contributed by atoms with Gasteiger partial charge in [-0.1, -0.05) is 0 Å². The molecule has 0 saturated carbocycles. The Morgan fingerprint density at radius 1 is 1.69 bits per heavy atom. The van der Waals surface area contributed by atoms with Crippen LogP contribution in [0.1, 0.15) is 6.42 Å². The van der Waals surface area contributed by atoms with Gasteiger partial charge in [0.25, 0.3) is 5.69 Å². The monoisotopic (exact) mass is 225 g/mol. The predicted octanol–water partition coefficient (Wildman–Crippen LogP) is 0.901.